The fourth-order valence-electron chi connectivity index (χ4n) is 6.42. The van der Waals surface area contributed by atoms with E-state index in [2.05, 4.69) is 68.3 Å². The Kier molecular flexibility index (Phi) is 10.7. The Morgan fingerprint density at radius 1 is 0.902 bits per heavy atom. The lowest BCUT2D eigenvalue weighted by Crippen LogP contribution is -2.46. The first-order valence-corrected chi connectivity index (χ1v) is 17.9. The van der Waals surface area contributed by atoms with Gasteiger partial charge in [0, 0.05) is 54.7 Å². The van der Waals surface area contributed by atoms with Crippen LogP contribution in [-0.4, -0.2) is 74.6 Å². The lowest BCUT2D eigenvalue weighted by atomic mass is 10.1. The summed E-state index contributed by atoms with van der Waals surface area (Å²) in [5, 5.41) is 9.50. The predicted octanol–water partition coefficient (Wildman–Crippen LogP) is 5.96. The van der Waals surface area contributed by atoms with Crippen LogP contribution in [0.1, 0.15) is 25.3 Å². The molecule has 2 fully saturated rings. The zero-order valence-electron chi connectivity index (χ0n) is 28.4. The van der Waals surface area contributed by atoms with Crippen LogP contribution in [0, 0.1) is 0 Å². The quantitative estimate of drug-likeness (QED) is 0.136. The molecular weight excluding hydrogens is 691 g/mol. The summed E-state index contributed by atoms with van der Waals surface area (Å²) in [5.74, 6) is -0.413. The minimum Gasteiger partial charge on any atom is -0.491 e. The smallest absolute Gasteiger partial charge is 0.350 e. The normalized spacial score (nSPS) is 19.3. The van der Waals surface area contributed by atoms with E-state index in [1.807, 2.05) is 30.3 Å². The summed E-state index contributed by atoms with van der Waals surface area (Å²) in [6.07, 6.45) is 10.3. The first-order valence-electron chi connectivity index (χ1n) is 17.1. The molecule has 0 radical (unpaired) electrons. The highest BCUT2D eigenvalue weighted by molar-refractivity contribution is 6.35. The molecule has 0 N–H and O–H groups in total. The number of benzene rings is 3. The van der Waals surface area contributed by atoms with E-state index in [-0.39, 0.29) is 18.3 Å². The molecule has 0 saturated carbocycles. The minimum absolute atomic E-state index is 0.125. The van der Waals surface area contributed by atoms with Crippen molar-refractivity contribution in [2.45, 2.75) is 44.7 Å². The van der Waals surface area contributed by atoms with E-state index in [9.17, 15) is 4.79 Å². The average molecular weight is 732 g/mol. The molecule has 12 nitrogen and oxygen atoms in total. The van der Waals surface area contributed by atoms with Crippen LogP contribution in [0.4, 0.5) is 11.4 Å². The first-order chi connectivity index (χ1) is 24.9. The molecule has 7 rings (SSSR count). The third-order valence-corrected chi connectivity index (χ3v) is 9.64. The second kappa shape index (κ2) is 15.7. The Bertz CT molecular complexity index is 1970. The van der Waals surface area contributed by atoms with Crippen molar-refractivity contribution in [1.29, 1.82) is 0 Å². The summed E-state index contributed by atoms with van der Waals surface area (Å²) < 4.78 is 23.6. The second-order valence-corrected chi connectivity index (χ2v) is 13.3. The van der Waals surface area contributed by atoms with Crippen LogP contribution in [0.25, 0.3) is 5.69 Å². The molecule has 0 aliphatic carbocycles. The maximum atomic E-state index is 12.8. The molecule has 14 heteroatoms. The van der Waals surface area contributed by atoms with E-state index in [4.69, 9.17) is 37.4 Å². The minimum atomic E-state index is -1.16. The number of rotatable bonds is 13. The Labute approximate surface area is 306 Å². The summed E-state index contributed by atoms with van der Waals surface area (Å²) in [4.78, 5) is 21.6. The SMILES string of the molecule is CC/C=C/CCn1ncn(-c2ccc(N3CCN(c4ccc(OC[C@@H]5CO[C@@](Cn6cncn6)(c6ccc(Cl)cc6Cl)O5)cc4)CC3)cc2)c1=O. The van der Waals surface area contributed by atoms with Gasteiger partial charge >= 0.3 is 5.69 Å². The molecule has 2 aromatic heterocycles. The molecule has 3 aromatic carbocycles. The van der Waals surface area contributed by atoms with E-state index < -0.39 is 5.79 Å². The lowest BCUT2D eigenvalue weighted by Gasteiger charge is -2.37. The van der Waals surface area contributed by atoms with E-state index in [1.54, 1.807) is 34.0 Å². The van der Waals surface area contributed by atoms with Gasteiger partial charge in [-0.05, 0) is 73.5 Å². The molecule has 4 heterocycles. The third-order valence-electron chi connectivity index (χ3n) is 9.09. The molecule has 266 valence electrons. The van der Waals surface area contributed by atoms with E-state index in [0.29, 0.717) is 35.4 Å². The van der Waals surface area contributed by atoms with Crippen molar-refractivity contribution >= 4 is 34.6 Å². The Morgan fingerprint density at radius 2 is 1.61 bits per heavy atom. The van der Waals surface area contributed by atoms with Gasteiger partial charge in [-0.2, -0.15) is 10.2 Å². The monoisotopic (exact) mass is 730 g/mol. The van der Waals surface area contributed by atoms with Crippen molar-refractivity contribution in [3.63, 3.8) is 0 Å². The molecular formula is C37H40Cl2N8O4. The van der Waals surface area contributed by atoms with E-state index >= 15 is 0 Å². The van der Waals surface area contributed by atoms with Crippen LogP contribution in [0.3, 0.4) is 0 Å². The zero-order valence-corrected chi connectivity index (χ0v) is 29.9. The fourth-order valence-corrected chi connectivity index (χ4v) is 6.97. The van der Waals surface area contributed by atoms with Crippen molar-refractivity contribution in [2.75, 3.05) is 49.2 Å². The second-order valence-electron chi connectivity index (χ2n) is 12.5. The standard InChI is InChI=1S/C37H40Cl2N8O4/c1-2-3-4-5-16-47-36(48)46(27-42-47)31-9-7-29(8-10-31)43-17-19-44(20-18-43)30-11-13-32(14-12-30)49-22-33-23-50-37(51-33,24-45-26-40-25-41-45)34-15-6-28(38)21-35(34)39/h3-4,6-15,21,25-27,33H,2,5,16-20,22-24H2,1H3/b4-3+/t33-,37-/m1/s1. The van der Waals surface area contributed by atoms with Gasteiger partial charge < -0.3 is 24.0 Å². The molecule has 2 atom stereocenters. The van der Waals surface area contributed by atoms with Crippen LogP contribution in [0.2, 0.25) is 10.0 Å². The fraction of sp³-hybridized carbons (Fsp3) is 0.351. The van der Waals surface area contributed by atoms with Crippen molar-refractivity contribution in [3.8, 4) is 11.4 Å². The topological polar surface area (TPSA) is 105 Å². The first kappa shape index (κ1) is 34.8. The largest absolute Gasteiger partial charge is 0.491 e. The molecule has 51 heavy (non-hydrogen) atoms. The number of nitrogens with zero attached hydrogens (tertiary/aromatic N) is 8. The number of allylic oxidation sites excluding steroid dienone is 2. The van der Waals surface area contributed by atoms with Crippen LogP contribution in [-0.2, 0) is 28.4 Å². The molecule has 5 aromatic rings. The van der Waals surface area contributed by atoms with E-state index in [0.717, 1.165) is 61.8 Å². The number of aryl methyl sites for hydroxylation is 1. The van der Waals surface area contributed by atoms with Gasteiger partial charge in [-0.15, -0.1) is 0 Å². The molecule has 0 amide bonds. The maximum absolute atomic E-state index is 12.8. The Hall–Kier alpha value is -4.62. The van der Waals surface area contributed by atoms with Gasteiger partial charge in [0.05, 0.1) is 17.3 Å². The Balaban J connectivity index is 0.908. The van der Waals surface area contributed by atoms with Crippen molar-refractivity contribution in [1.82, 2.24) is 29.1 Å². The van der Waals surface area contributed by atoms with E-state index in [1.165, 1.54) is 11.0 Å². The molecule has 0 spiro atoms. The molecule has 2 saturated heterocycles. The van der Waals surface area contributed by atoms with Crippen LogP contribution in [0.15, 0.2) is 103 Å². The van der Waals surface area contributed by atoms with Gasteiger partial charge in [0.25, 0.3) is 0 Å². The van der Waals surface area contributed by atoms with Crippen molar-refractivity contribution in [2.24, 2.45) is 0 Å². The maximum Gasteiger partial charge on any atom is 0.350 e. The number of halogens is 2. The lowest BCUT2D eigenvalue weighted by molar-refractivity contribution is -0.190. The van der Waals surface area contributed by atoms with Crippen LogP contribution in [0.5, 0.6) is 5.75 Å². The summed E-state index contributed by atoms with van der Waals surface area (Å²) in [6.45, 7) is 7.08. The summed E-state index contributed by atoms with van der Waals surface area (Å²) in [7, 11) is 0. The molecule has 2 aliphatic rings. The highest BCUT2D eigenvalue weighted by Crippen LogP contribution is 2.40. The molecule has 0 bridgehead atoms. The van der Waals surface area contributed by atoms with Gasteiger partial charge in [0.1, 0.15) is 44.0 Å². The number of hydrogen-bond acceptors (Lipinski definition) is 9. The zero-order chi connectivity index (χ0) is 35.2. The number of anilines is 2. The van der Waals surface area contributed by atoms with Crippen molar-refractivity contribution in [3.05, 3.63) is 124 Å². The summed E-state index contributed by atoms with van der Waals surface area (Å²) in [6, 6.07) is 21.5. The number of aromatic nitrogens is 6. The highest BCUT2D eigenvalue weighted by Gasteiger charge is 2.45. The van der Waals surface area contributed by atoms with Gasteiger partial charge in [-0.1, -0.05) is 48.3 Å². The molecule has 0 unspecified atom stereocenters. The van der Waals surface area contributed by atoms with Gasteiger partial charge in [-0.25, -0.2) is 23.7 Å². The number of piperazine rings is 1. The third kappa shape index (κ3) is 7.99. The van der Waals surface area contributed by atoms with Gasteiger partial charge in [0.15, 0.2) is 0 Å². The average Bonchev–Trinajstić information content (AvgIpc) is 3.91. The Morgan fingerprint density at radius 3 is 2.27 bits per heavy atom. The number of ether oxygens (including phenoxy) is 3. The van der Waals surface area contributed by atoms with Crippen LogP contribution >= 0.6 is 23.2 Å². The summed E-state index contributed by atoms with van der Waals surface area (Å²) >= 11 is 12.7. The van der Waals surface area contributed by atoms with Gasteiger partial charge in [0.2, 0.25) is 5.79 Å². The summed E-state index contributed by atoms with van der Waals surface area (Å²) in [5.41, 5.74) is 3.63. The predicted molar refractivity (Wildman–Crippen MR) is 197 cm³/mol. The molecule has 2 aliphatic heterocycles. The van der Waals surface area contributed by atoms with Crippen molar-refractivity contribution < 1.29 is 14.2 Å². The van der Waals surface area contributed by atoms with Gasteiger partial charge in [-0.3, -0.25) is 0 Å². The van der Waals surface area contributed by atoms with Crippen LogP contribution < -0.4 is 20.2 Å². The highest BCUT2D eigenvalue weighted by atomic mass is 35.5. The number of hydrogen-bond donors (Lipinski definition) is 0.